The number of carbonyl (C=O) groups excluding carboxylic acids is 10. The summed E-state index contributed by atoms with van der Waals surface area (Å²) < 4.78 is 0. The molecule has 10 amide bonds. The average molecular weight is 1410 g/mol. The Labute approximate surface area is 581 Å². The molecule has 1 fully saturated rings. The van der Waals surface area contributed by atoms with Crippen LogP contribution in [0, 0.1) is 23.7 Å². The number of imidazole rings is 1. The number of hydrogen-bond acceptors (Lipinski definition) is 17. The topological polar surface area (TPSA) is 456 Å². The van der Waals surface area contributed by atoms with Crippen LogP contribution in [0.5, 0.6) is 5.75 Å². The monoisotopic (exact) mass is 1410 g/mol. The summed E-state index contributed by atoms with van der Waals surface area (Å²) in [6, 6.07) is 6.02. The Kier molecular flexibility index (Phi) is 30.2. The van der Waals surface area contributed by atoms with E-state index in [4.69, 9.17) is 5.73 Å². The van der Waals surface area contributed by atoms with Crippen molar-refractivity contribution in [2.75, 3.05) is 11.5 Å². The van der Waals surface area contributed by atoms with Gasteiger partial charge in [-0.3, -0.25) is 52.7 Å². The molecule has 536 valence electrons. The molecule has 5 aromatic rings. The first kappa shape index (κ1) is 78.5. The molecule has 3 aromatic carbocycles. The van der Waals surface area contributed by atoms with Crippen LogP contribution in [0.2, 0.25) is 0 Å². The number of carbonyl (C=O) groups is 12. The number of para-hydroxylation sites is 1. The highest BCUT2D eigenvalue weighted by Gasteiger charge is 2.39. The molecule has 2 aromatic heterocycles. The minimum atomic E-state index is -1.87. The van der Waals surface area contributed by atoms with Gasteiger partial charge in [0.15, 0.2) is 0 Å². The minimum Gasteiger partial charge on any atom is -0.508 e. The van der Waals surface area contributed by atoms with Crippen molar-refractivity contribution in [1.82, 2.24) is 68.1 Å². The van der Waals surface area contributed by atoms with Gasteiger partial charge in [0.2, 0.25) is 59.1 Å². The number of rotatable bonds is 30. The van der Waals surface area contributed by atoms with Gasteiger partial charge in [0.1, 0.15) is 66.2 Å². The number of benzene rings is 3. The van der Waals surface area contributed by atoms with Crippen molar-refractivity contribution in [1.29, 1.82) is 0 Å². The van der Waals surface area contributed by atoms with Gasteiger partial charge in [-0.1, -0.05) is 150 Å². The quantitative estimate of drug-likeness (QED) is 0.0291. The van der Waals surface area contributed by atoms with Gasteiger partial charge in [0.05, 0.1) is 18.8 Å². The molecule has 0 saturated carbocycles. The first-order valence-electron chi connectivity index (χ1n) is 32.9. The van der Waals surface area contributed by atoms with E-state index in [1.807, 2.05) is 18.2 Å². The Hall–Kier alpha value is -9.49. The number of nitrogens with one attached hydrogen (secondary N) is 12. The lowest BCUT2D eigenvalue weighted by Crippen LogP contribution is -2.62. The zero-order valence-electron chi connectivity index (χ0n) is 56.6. The third-order valence-electron chi connectivity index (χ3n) is 17.0. The summed E-state index contributed by atoms with van der Waals surface area (Å²) in [4.78, 5) is 179. The van der Waals surface area contributed by atoms with E-state index in [0.717, 1.165) is 32.5 Å². The van der Waals surface area contributed by atoms with Crippen LogP contribution < -0.4 is 58.9 Å². The number of amides is 10. The maximum Gasteiger partial charge on any atom is 0.326 e. The third kappa shape index (κ3) is 23.9. The van der Waals surface area contributed by atoms with Gasteiger partial charge in [-0.25, -0.2) is 9.78 Å². The number of aromatic nitrogens is 3. The summed E-state index contributed by atoms with van der Waals surface area (Å²) in [5.74, 6) is -14.0. The van der Waals surface area contributed by atoms with Gasteiger partial charge in [0.25, 0.3) is 0 Å². The summed E-state index contributed by atoms with van der Waals surface area (Å²) in [6.07, 6.45) is 3.23. The molecule has 99 heavy (non-hydrogen) atoms. The summed E-state index contributed by atoms with van der Waals surface area (Å²) in [5.41, 5.74) is 9.17. The highest BCUT2D eigenvalue weighted by atomic mass is 33.1. The van der Waals surface area contributed by atoms with Crippen molar-refractivity contribution in [3.05, 3.63) is 120 Å². The van der Waals surface area contributed by atoms with Crippen molar-refractivity contribution < 1.29 is 72.9 Å². The van der Waals surface area contributed by atoms with Crippen molar-refractivity contribution in [2.24, 2.45) is 29.4 Å². The third-order valence-corrected chi connectivity index (χ3v) is 19.4. The molecule has 29 nitrogen and oxygen atoms in total. The molecular weight excluding hydrogens is 1320 g/mol. The number of carboxylic acid groups (broad SMARTS) is 2. The fraction of sp³-hybridized carbons (Fsp3) is 0.485. The van der Waals surface area contributed by atoms with E-state index in [1.54, 1.807) is 110 Å². The van der Waals surface area contributed by atoms with Gasteiger partial charge < -0.3 is 84.2 Å². The van der Waals surface area contributed by atoms with Crippen LogP contribution in [0.3, 0.4) is 0 Å². The van der Waals surface area contributed by atoms with E-state index in [-0.39, 0.29) is 61.7 Å². The van der Waals surface area contributed by atoms with Crippen molar-refractivity contribution in [3.8, 4) is 5.75 Å². The molecule has 0 spiro atoms. The lowest BCUT2D eigenvalue weighted by Gasteiger charge is -2.31. The van der Waals surface area contributed by atoms with Crippen LogP contribution >= 0.6 is 21.6 Å². The molecular formula is C68H92N14O15S2. The molecule has 1 aliphatic heterocycles. The highest BCUT2D eigenvalue weighted by molar-refractivity contribution is 8.76. The average Bonchev–Trinajstić information content (AvgIpc) is 1.78. The number of carboxylic acids is 2. The standard InChI is InChI=1S/C68H92N14O15S2/c1-9-37(7)56(66(94)78-52(68(96)97)27-41-30-71-46-19-15-14-18-44(41)46)82-67(95)57(38(8)10-2)81-63(91)51(29-54(84)85)76-59(87)47(24-35(3)4)73-62(90)50(28-42-31-70-34-72-42)75-64(92)53-33-99-98-32-45(69)58(86)80-55(36(5)6)65(93)77-49(26-40-20-22-43(83)23-21-40)60(88)74-48(61(89)79-53)25-39-16-12-11-13-17-39/h11-23,30-31,34-38,45,47-53,55-57,71,83H,9-10,24-29,32-33,69H2,1-8H3,(H,70,72)(H,73,90)(H,74,88)(H,75,92)(H,76,87)(H,77,93)(H,78,94)(H,79,89)(H,80,86)(H,81,91)(H,82,95)(H,84,85)(H,96,97)/t37-,38-,45-,47-,48-,49+,50-,51-,52-,53-,55-,56-,57-/m0/s1. The molecule has 13 atom stereocenters. The number of fused-ring (bicyclic) bond motifs is 1. The van der Waals surface area contributed by atoms with Crippen molar-refractivity contribution in [2.45, 2.75) is 173 Å². The van der Waals surface area contributed by atoms with Crippen molar-refractivity contribution in [3.63, 3.8) is 0 Å². The predicted octanol–water partition coefficient (Wildman–Crippen LogP) is 1.79. The van der Waals surface area contributed by atoms with E-state index in [0.29, 0.717) is 28.8 Å². The molecule has 1 saturated heterocycles. The Morgan fingerprint density at radius 2 is 1.13 bits per heavy atom. The second-order valence-corrected chi connectivity index (χ2v) is 28.1. The first-order valence-corrected chi connectivity index (χ1v) is 35.4. The summed E-state index contributed by atoms with van der Waals surface area (Å²) in [5, 5.41) is 57.8. The van der Waals surface area contributed by atoms with E-state index in [2.05, 4.69) is 68.1 Å². The predicted molar refractivity (Wildman–Crippen MR) is 372 cm³/mol. The van der Waals surface area contributed by atoms with Crippen LogP contribution in [-0.2, 0) is 83.2 Å². The van der Waals surface area contributed by atoms with Crippen LogP contribution in [-0.4, -0.2) is 179 Å². The Morgan fingerprint density at radius 1 is 0.586 bits per heavy atom. The maximum absolute atomic E-state index is 14.9. The lowest BCUT2D eigenvalue weighted by molar-refractivity contribution is -0.142. The van der Waals surface area contributed by atoms with Crippen LogP contribution in [0.4, 0.5) is 0 Å². The second-order valence-electron chi connectivity index (χ2n) is 25.5. The fourth-order valence-electron chi connectivity index (χ4n) is 10.8. The molecule has 17 N–H and O–H groups in total. The SMILES string of the molecule is CC[C@H](C)[C@H](NC(=O)[C@H](CC(=O)O)NC(=O)[C@H](CC(C)C)NC(=O)[C@H](Cc1cnc[nH]1)NC(=O)[C@@H]1CSSC[C@H](N)C(=O)N[C@@H](C(C)C)C(=O)N[C@H](Cc2ccc(O)cc2)C(=O)N[C@@H](Cc2ccccc2)C(=O)N1)C(=O)N[C@H](C(=O)N[C@@H](Cc1c[nH]c2ccccc12)C(=O)O)[C@@H](C)CC. The molecule has 1 aliphatic rings. The van der Waals surface area contributed by atoms with Gasteiger partial charge in [0, 0.05) is 66.2 Å². The summed E-state index contributed by atoms with van der Waals surface area (Å²) >= 11 is 0. The number of hydrogen-bond donors (Lipinski definition) is 16. The van der Waals surface area contributed by atoms with Crippen molar-refractivity contribution >= 4 is 104 Å². The number of H-pyrrole nitrogens is 2. The summed E-state index contributed by atoms with van der Waals surface area (Å²) in [6.45, 7) is 13.6. The zero-order chi connectivity index (χ0) is 72.6. The summed E-state index contributed by atoms with van der Waals surface area (Å²) in [7, 11) is 2.11. The molecule has 6 rings (SSSR count). The Morgan fingerprint density at radius 3 is 1.73 bits per heavy atom. The van der Waals surface area contributed by atoms with E-state index < -0.39 is 162 Å². The number of phenolic OH excluding ortho intramolecular Hbond substituents is 1. The van der Waals surface area contributed by atoms with E-state index in [9.17, 15) is 72.9 Å². The Bertz CT molecular complexity index is 3600. The number of nitrogens with two attached hydrogens (primary N) is 1. The Balaban J connectivity index is 1.24. The maximum atomic E-state index is 14.9. The smallest absolute Gasteiger partial charge is 0.326 e. The molecule has 0 radical (unpaired) electrons. The fourth-order valence-corrected chi connectivity index (χ4v) is 13.1. The van der Waals surface area contributed by atoms with Crippen LogP contribution in [0.25, 0.3) is 10.9 Å². The first-order chi connectivity index (χ1) is 47.0. The van der Waals surface area contributed by atoms with E-state index >= 15 is 0 Å². The number of aliphatic carboxylic acids is 2. The highest BCUT2D eigenvalue weighted by Crippen LogP contribution is 2.25. The van der Waals surface area contributed by atoms with Gasteiger partial charge in [-0.15, -0.1) is 0 Å². The second kappa shape index (κ2) is 38.0. The van der Waals surface area contributed by atoms with E-state index in [1.165, 1.54) is 24.7 Å². The largest absolute Gasteiger partial charge is 0.508 e. The number of aromatic hydroxyl groups is 1. The minimum absolute atomic E-state index is 0.0520. The molecule has 31 heteroatoms. The molecule has 0 unspecified atom stereocenters. The lowest BCUT2D eigenvalue weighted by atomic mass is 9.94. The number of aromatic amines is 2. The molecule has 3 heterocycles. The molecule has 0 aliphatic carbocycles. The van der Waals surface area contributed by atoms with Gasteiger partial charge >= 0.3 is 11.9 Å². The van der Waals surface area contributed by atoms with Gasteiger partial charge in [-0.05, 0) is 65.0 Å². The number of nitrogens with zero attached hydrogens (tertiary/aromatic N) is 1. The van der Waals surface area contributed by atoms with Crippen LogP contribution in [0.1, 0.15) is 103 Å². The zero-order valence-corrected chi connectivity index (χ0v) is 58.2. The number of phenols is 1. The van der Waals surface area contributed by atoms with Gasteiger partial charge in [-0.2, -0.15) is 0 Å². The normalized spacial score (nSPS) is 19.7. The molecule has 0 bridgehead atoms. The van der Waals surface area contributed by atoms with Crippen LogP contribution in [0.15, 0.2) is 97.6 Å².